The van der Waals surface area contributed by atoms with E-state index in [0.29, 0.717) is 29.5 Å². The molecule has 2 heterocycles. The number of anilines is 2. The first-order valence-electron chi connectivity index (χ1n) is 9.74. The van der Waals surface area contributed by atoms with Crippen LogP contribution in [0.1, 0.15) is 31.0 Å². The molecule has 0 fully saturated rings. The Bertz CT molecular complexity index is 1020. The van der Waals surface area contributed by atoms with Crippen LogP contribution in [0.25, 0.3) is 11.3 Å². The molecule has 3 N–H and O–H groups in total. The van der Waals surface area contributed by atoms with E-state index in [1.54, 1.807) is 31.8 Å². The highest BCUT2D eigenvalue weighted by molar-refractivity contribution is 5.91. The number of urea groups is 1. The highest BCUT2D eigenvalue weighted by Crippen LogP contribution is 2.30. The molecule has 1 unspecified atom stereocenters. The fourth-order valence-electron chi connectivity index (χ4n) is 3.08. The Morgan fingerprint density at radius 1 is 1.17 bits per heavy atom. The van der Waals surface area contributed by atoms with Crippen LogP contribution >= 0.6 is 0 Å². The van der Waals surface area contributed by atoms with Crippen LogP contribution in [-0.4, -0.2) is 34.6 Å². The third kappa shape index (κ3) is 5.02. The Kier molecular flexibility index (Phi) is 6.79. The van der Waals surface area contributed by atoms with E-state index < -0.39 is 0 Å². The number of pyridine rings is 1. The molecule has 0 aliphatic rings. The first kappa shape index (κ1) is 21.0. The van der Waals surface area contributed by atoms with Gasteiger partial charge in [-0.15, -0.1) is 0 Å². The summed E-state index contributed by atoms with van der Waals surface area (Å²) in [6.45, 7) is 6.51. The first-order chi connectivity index (χ1) is 14.5. The number of rotatable bonds is 7. The van der Waals surface area contributed by atoms with Crippen LogP contribution in [0.5, 0.6) is 5.75 Å². The summed E-state index contributed by atoms with van der Waals surface area (Å²) in [6.07, 6.45) is 7.02. The average molecular weight is 406 g/mol. The third-order valence-corrected chi connectivity index (χ3v) is 4.63. The zero-order chi connectivity index (χ0) is 21.5. The van der Waals surface area contributed by atoms with E-state index in [4.69, 9.17) is 4.74 Å². The van der Waals surface area contributed by atoms with Gasteiger partial charge in [0.25, 0.3) is 0 Å². The monoisotopic (exact) mass is 406 g/mol. The van der Waals surface area contributed by atoms with Crippen molar-refractivity contribution in [2.24, 2.45) is 0 Å². The second kappa shape index (κ2) is 9.69. The van der Waals surface area contributed by atoms with Gasteiger partial charge in [-0.25, -0.2) is 9.78 Å². The molecule has 1 atom stereocenters. The fourth-order valence-corrected chi connectivity index (χ4v) is 3.08. The Balaban J connectivity index is 1.81. The normalized spacial score (nSPS) is 11.5. The molecule has 8 heteroatoms. The Labute approximate surface area is 176 Å². The second-order valence-corrected chi connectivity index (χ2v) is 6.79. The average Bonchev–Trinajstić information content (AvgIpc) is 2.74. The van der Waals surface area contributed by atoms with Crippen LogP contribution in [0.3, 0.4) is 0 Å². The molecule has 2 amide bonds. The molecule has 2 aromatic heterocycles. The van der Waals surface area contributed by atoms with Crippen molar-refractivity contribution >= 4 is 17.5 Å². The van der Waals surface area contributed by atoms with E-state index in [9.17, 15) is 4.79 Å². The SMILES string of the molecule is CCNC(=O)Nc1ccc(-c2cncc(NC(C)c3cnccc3C)n2)cc1OC. The predicted molar refractivity (Wildman–Crippen MR) is 118 cm³/mol. The lowest BCUT2D eigenvalue weighted by Gasteiger charge is -2.17. The predicted octanol–water partition coefficient (Wildman–Crippen LogP) is 4.17. The van der Waals surface area contributed by atoms with Crippen LogP contribution < -0.4 is 20.7 Å². The van der Waals surface area contributed by atoms with Gasteiger partial charge in [-0.3, -0.25) is 9.97 Å². The van der Waals surface area contributed by atoms with Crippen molar-refractivity contribution in [2.45, 2.75) is 26.8 Å². The highest BCUT2D eigenvalue weighted by Gasteiger charge is 2.12. The Morgan fingerprint density at radius 2 is 2.00 bits per heavy atom. The molecule has 0 radical (unpaired) electrons. The van der Waals surface area contributed by atoms with Crippen molar-refractivity contribution in [1.82, 2.24) is 20.3 Å². The summed E-state index contributed by atoms with van der Waals surface area (Å²) < 4.78 is 5.44. The lowest BCUT2D eigenvalue weighted by atomic mass is 10.1. The van der Waals surface area contributed by atoms with Crippen LogP contribution in [-0.2, 0) is 0 Å². The summed E-state index contributed by atoms with van der Waals surface area (Å²) in [5, 5.41) is 8.85. The van der Waals surface area contributed by atoms with Crippen LogP contribution in [0.2, 0.25) is 0 Å². The number of nitrogens with one attached hydrogen (secondary N) is 3. The maximum atomic E-state index is 11.8. The van der Waals surface area contributed by atoms with Gasteiger partial charge in [0.1, 0.15) is 11.6 Å². The number of methoxy groups -OCH3 is 1. The molecular formula is C22H26N6O2. The van der Waals surface area contributed by atoms with Crippen LogP contribution in [0.4, 0.5) is 16.3 Å². The standard InChI is InChI=1S/C22H26N6O2/c1-5-25-22(29)28-18-7-6-16(10-20(18)30-4)19-12-24-13-21(27-19)26-15(3)17-11-23-9-8-14(17)2/h6-13,15H,5H2,1-4H3,(H,26,27)(H2,25,28,29). The van der Waals surface area contributed by atoms with E-state index in [0.717, 1.165) is 16.7 Å². The zero-order valence-corrected chi connectivity index (χ0v) is 17.6. The summed E-state index contributed by atoms with van der Waals surface area (Å²) in [5.41, 5.74) is 4.36. The number of carbonyl (C=O) groups excluding carboxylic acids is 1. The maximum Gasteiger partial charge on any atom is 0.319 e. The fraction of sp³-hybridized carbons (Fsp3) is 0.273. The minimum atomic E-state index is -0.283. The summed E-state index contributed by atoms with van der Waals surface area (Å²) in [6, 6.07) is 7.21. The number of aryl methyl sites for hydroxylation is 1. The lowest BCUT2D eigenvalue weighted by molar-refractivity contribution is 0.252. The maximum absolute atomic E-state index is 11.8. The largest absolute Gasteiger partial charge is 0.495 e. The van der Waals surface area contributed by atoms with Crippen molar-refractivity contribution in [3.8, 4) is 17.0 Å². The quantitative estimate of drug-likeness (QED) is 0.544. The third-order valence-electron chi connectivity index (χ3n) is 4.63. The molecule has 8 nitrogen and oxygen atoms in total. The van der Waals surface area contributed by atoms with Gasteiger partial charge in [0.2, 0.25) is 0 Å². The smallest absolute Gasteiger partial charge is 0.319 e. The minimum Gasteiger partial charge on any atom is -0.495 e. The molecule has 0 spiro atoms. The Morgan fingerprint density at radius 3 is 2.73 bits per heavy atom. The molecule has 3 rings (SSSR count). The van der Waals surface area contributed by atoms with Crippen molar-refractivity contribution < 1.29 is 9.53 Å². The number of carbonyl (C=O) groups is 1. The zero-order valence-electron chi connectivity index (χ0n) is 17.6. The van der Waals surface area contributed by atoms with E-state index >= 15 is 0 Å². The second-order valence-electron chi connectivity index (χ2n) is 6.79. The molecule has 0 aliphatic carbocycles. The van der Waals surface area contributed by atoms with Gasteiger partial charge >= 0.3 is 6.03 Å². The van der Waals surface area contributed by atoms with Gasteiger partial charge in [0.05, 0.1) is 36.9 Å². The molecule has 0 saturated carbocycles. The summed E-state index contributed by atoms with van der Waals surface area (Å²) >= 11 is 0. The molecule has 30 heavy (non-hydrogen) atoms. The summed E-state index contributed by atoms with van der Waals surface area (Å²) in [4.78, 5) is 25.0. The molecule has 3 aromatic rings. The van der Waals surface area contributed by atoms with E-state index in [-0.39, 0.29) is 12.1 Å². The molecule has 0 bridgehead atoms. The lowest BCUT2D eigenvalue weighted by Crippen LogP contribution is -2.28. The van der Waals surface area contributed by atoms with Gasteiger partial charge in [0.15, 0.2) is 0 Å². The number of nitrogens with zero attached hydrogens (tertiary/aromatic N) is 3. The van der Waals surface area contributed by atoms with Gasteiger partial charge < -0.3 is 20.7 Å². The number of amides is 2. The van der Waals surface area contributed by atoms with E-state index in [1.165, 1.54) is 0 Å². The van der Waals surface area contributed by atoms with Gasteiger partial charge in [0, 0.05) is 24.5 Å². The van der Waals surface area contributed by atoms with Gasteiger partial charge in [-0.05, 0) is 50.1 Å². The molecular weight excluding hydrogens is 380 g/mol. The summed E-state index contributed by atoms with van der Waals surface area (Å²) in [7, 11) is 1.56. The summed E-state index contributed by atoms with van der Waals surface area (Å²) in [5.74, 6) is 1.20. The molecule has 0 saturated heterocycles. The number of hydrogen-bond donors (Lipinski definition) is 3. The van der Waals surface area contributed by atoms with Crippen molar-refractivity contribution in [3.63, 3.8) is 0 Å². The number of hydrogen-bond acceptors (Lipinski definition) is 6. The number of aromatic nitrogens is 3. The van der Waals surface area contributed by atoms with Crippen molar-refractivity contribution in [1.29, 1.82) is 0 Å². The minimum absolute atomic E-state index is 0.0291. The van der Waals surface area contributed by atoms with Gasteiger partial charge in [-0.1, -0.05) is 6.07 Å². The van der Waals surface area contributed by atoms with Crippen molar-refractivity contribution in [2.75, 3.05) is 24.3 Å². The van der Waals surface area contributed by atoms with Crippen LogP contribution in [0, 0.1) is 6.92 Å². The highest BCUT2D eigenvalue weighted by atomic mass is 16.5. The molecule has 1 aromatic carbocycles. The molecule has 156 valence electrons. The number of ether oxygens (including phenoxy) is 1. The Hall–Kier alpha value is -3.68. The van der Waals surface area contributed by atoms with E-state index in [1.807, 2.05) is 31.3 Å². The van der Waals surface area contributed by atoms with E-state index in [2.05, 4.69) is 44.7 Å². The topological polar surface area (TPSA) is 101 Å². The number of benzene rings is 1. The van der Waals surface area contributed by atoms with Crippen LogP contribution in [0.15, 0.2) is 49.1 Å². The molecule has 0 aliphatic heterocycles. The van der Waals surface area contributed by atoms with Crippen molar-refractivity contribution in [3.05, 3.63) is 60.2 Å². The first-order valence-corrected chi connectivity index (χ1v) is 9.74. The van der Waals surface area contributed by atoms with Gasteiger partial charge in [-0.2, -0.15) is 0 Å².